The van der Waals surface area contributed by atoms with Gasteiger partial charge in [0.25, 0.3) is 0 Å². The molecule has 0 N–H and O–H groups in total. The molecule has 1 aliphatic heterocycles. The summed E-state index contributed by atoms with van der Waals surface area (Å²) in [5.41, 5.74) is -0.454. The van der Waals surface area contributed by atoms with Crippen LogP contribution >= 0.6 is 0 Å². The Morgan fingerprint density at radius 3 is 2.08 bits per heavy atom. The van der Waals surface area contributed by atoms with Gasteiger partial charge >= 0.3 is 12.2 Å². The van der Waals surface area contributed by atoms with Crippen LogP contribution in [0, 0.1) is 0 Å². The third-order valence-electron chi connectivity index (χ3n) is 3.16. The monoisotopic (exact) mass is 362 g/mol. The van der Waals surface area contributed by atoms with Gasteiger partial charge in [-0.05, 0) is 65.8 Å². The van der Waals surface area contributed by atoms with Crippen molar-refractivity contribution in [1.29, 1.82) is 0 Å². The molecule has 1 amide bonds. The van der Waals surface area contributed by atoms with Crippen molar-refractivity contribution >= 4 is 18.1 Å². The Morgan fingerprint density at radius 2 is 1.54 bits per heavy atom. The van der Waals surface area contributed by atoms with E-state index in [0.29, 0.717) is 24.7 Å². The average molecular weight is 362 g/mol. The number of nitrogens with zero attached hydrogens (tertiary/aromatic N) is 2. The Kier molecular flexibility index (Phi) is 5.59. The lowest BCUT2D eigenvalue weighted by molar-refractivity contribution is 0.0205. The zero-order valence-electron chi connectivity index (χ0n) is 16.2. The van der Waals surface area contributed by atoms with E-state index in [1.54, 1.807) is 45.0 Å². The number of hydrogen-bond donors (Lipinski definition) is 0. The van der Waals surface area contributed by atoms with E-state index in [1.807, 2.05) is 20.8 Å². The minimum atomic E-state index is -0.765. The highest BCUT2D eigenvalue weighted by atomic mass is 16.7. The highest BCUT2D eigenvalue weighted by Gasteiger charge is 2.29. The topological polar surface area (TPSA) is 77.4 Å². The lowest BCUT2D eigenvalue weighted by Gasteiger charge is -2.25. The van der Waals surface area contributed by atoms with E-state index in [-0.39, 0.29) is 0 Å². The van der Waals surface area contributed by atoms with Gasteiger partial charge in [0.05, 0.1) is 13.1 Å². The molecule has 0 aliphatic carbocycles. The molecule has 1 aromatic carbocycles. The number of ether oxygens (including phenoxy) is 3. The van der Waals surface area contributed by atoms with Gasteiger partial charge in [0, 0.05) is 5.56 Å². The highest BCUT2D eigenvalue weighted by Crippen LogP contribution is 2.20. The largest absolute Gasteiger partial charge is 0.514 e. The van der Waals surface area contributed by atoms with Gasteiger partial charge in [0.1, 0.15) is 22.8 Å². The predicted molar refractivity (Wildman–Crippen MR) is 97.6 cm³/mol. The first kappa shape index (κ1) is 19.8. The van der Waals surface area contributed by atoms with Crippen LogP contribution in [0.3, 0.4) is 0 Å². The summed E-state index contributed by atoms with van der Waals surface area (Å²) in [5, 5.41) is 0. The van der Waals surface area contributed by atoms with Crippen molar-refractivity contribution < 1.29 is 23.8 Å². The molecule has 0 atom stereocenters. The standard InChI is InChI=1S/C19H26N2O5/c1-18(2,3)25-16(22)21-12-11-20-15(21)13-7-9-14(10-8-13)24-17(23)26-19(4,5)6/h7-10H,11-12H2,1-6H3. The van der Waals surface area contributed by atoms with Crippen LogP contribution in [0.1, 0.15) is 47.1 Å². The summed E-state index contributed by atoms with van der Waals surface area (Å²) in [5.74, 6) is 0.897. The van der Waals surface area contributed by atoms with Crippen LogP contribution in [0.25, 0.3) is 0 Å². The van der Waals surface area contributed by atoms with Crippen LogP contribution in [-0.4, -0.2) is 47.3 Å². The van der Waals surface area contributed by atoms with Gasteiger partial charge in [-0.25, -0.2) is 9.59 Å². The summed E-state index contributed by atoms with van der Waals surface area (Å²) >= 11 is 0. The third-order valence-corrected chi connectivity index (χ3v) is 3.16. The number of aliphatic imine (C=N–C) groups is 1. The van der Waals surface area contributed by atoms with Crippen LogP contribution in [0.2, 0.25) is 0 Å². The molecule has 0 unspecified atom stereocenters. The molecule has 0 saturated carbocycles. The SMILES string of the molecule is CC(C)(C)OC(=O)Oc1ccc(C2=NCCN2C(=O)OC(C)(C)C)cc1. The molecule has 7 heteroatoms. The van der Waals surface area contributed by atoms with Crippen LogP contribution in [-0.2, 0) is 9.47 Å². The third kappa shape index (κ3) is 5.75. The lowest BCUT2D eigenvalue weighted by atomic mass is 10.2. The van der Waals surface area contributed by atoms with Gasteiger partial charge in [-0.15, -0.1) is 0 Å². The molecule has 26 heavy (non-hydrogen) atoms. The molecular weight excluding hydrogens is 336 g/mol. The number of benzene rings is 1. The van der Waals surface area contributed by atoms with Gasteiger partial charge in [-0.3, -0.25) is 9.89 Å². The van der Waals surface area contributed by atoms with Gasteiger partial charge in [-0.1, -0.05) is 0 Å². The van der Waals surface area contributed by atoms with E-state index in [0.717, 1.165) is 5.56 Å². The van der Waals surface area contributed by atoms with Crippen molar-refractivity contribution in [2.75, 3.05) is 13.1 Å². The molecule has 1 aliphatic rings. The van der Waals surface area contributed by atoms with Crippen molar-refractivity contribution in [3.8, 4) is 5.75 Å². The van der Waals surface area contributed by atoms with E-state index >= 15 is 0 Å². The molecule has 0 fully saturated rings. The predicted octanol–water partition coefficient (Wildman–Crippen LogP) is 4.00. The van der Waals surface area contributed by atoms with Crippen LogP contribution < -0.4 is 4.74 Å². The minimum absolute atomic E-state index is 0.352. The fourth-order valence-corrected chi connectivity index (χ4v) is 2.23. The summed E-state index contributed by atoms with van der Waals surface area (Å²) < 4.78 is 15.7. The molecule has 1 heterocycles. The Balaban J connectivity index is 2.05. The minimum Gasteiger partial charge on any atom is -0.443 e. The van der Waals surface area contributed by atoms with Gasteiger partial charge in [0.2, 0.25) is 0 Å². The molecular formula is C19H26N2O5. The van der Waals surface area contributed by atoms with Crippen molar-refractivity contribution in [3.05, 3.63) is 29.8 Å². The van der Waals surface area contributed by atoms with Gasteiger partial charge in [-0.2, -0.15) is 0 Å². The zero-order chi connectivity index (χ0) is 19.5. The summed E-state index contributed by atoms with van der Waals surface area (Å²) in [6.45, 7) is 11.7. The first-order chi connectivity index (χ1) is 11.9. The Morgan fingerprint density at radius 1 is 0.962 bits per heavy atom. The molecule has 0 aromatic heterocycles. The van der Waals surface area contributed by atoms with E-state index in [1.165, 1.54) is 4.90 Å². The molecule has 0 spiro atoms. The first-order valence-electron chi connectivity index (χ1n) is 8.51. The summed E-state index contributed by atoms with van der Waals surface area (Å²) in [6, 6.07) is 6.74. The number of rotatable bonds is 2. The van der Waals surface area contributed by atoms with E-state index in [2.05, 4.69) is 4.99 Å². The van der Waals surface area contributed by atoms with Crippen molar-refractivity contribution in [2.45, 2.75) is 52.7 Å². The zero-order valence-corrected chi connectivity index (χ0v) is 16.2. The maximum Gasteiger partial charge on any atom is 0.514 e. The fraction of sp³-hybridized carbons (Fsp3) is 0.526. The normalized spacial score (nSPS) is 14.7. The molecule has 142 valence electrons. The van der Waals surface area contributed by atoms with Crippen LogP contribution in [0.15, 0.2) is 29.3 Å². The molecule has 1 aromatic rings. The second kappa shape index (κ2) is 7.35. The number of amides is 1. The van der Waals surface area contributed by atoms with E-state index in [9.17, 15) is 9.59 Å². The first-order valence-corrected chi connectivity index (χ1v) is 8.51. The summed E-state index contributed by atoms with van der Waals surface area (Å²) in [4.78, 5) is 29.9. The van der Waals surface area contributed by atoms with Gasteiger partial charge in [0.15, 0.2) is 0 Å². The van der Waals surface area contributed by atoms with Crippen molar-refractivity contribution in [1.82, 2.24) is 4.90 Å². The second-order valence-corrected chi connectivity index (χ2v) is 7.93. The summed E-state index contributed by atoms with van der Waals surface area (Å²) in [6.07, 6.45) is -1.19. The molecule has 2 rings (SSSR count). The van der Waals surface area contributed by atoms with Crippen molar-refractivity contribution in [3.63, 3.8) is 0 Å². The average Bonchev–Trinajstić information content (AvgIpc) is 2.93. The molecule has 0 saturated heterocycles. The molecule has 7 nitrogen and oxygen atoms in total. The second-order valence-electron chi connectivity index (χ2n) is 7.93. The van der Waals surface area contributed by atoms with E-state index < -0.39 is 23.5 Å². The number of amidine groups is 1. The Labute approximate surface area is 153 Å². The Bertz CT molecular complexity index is 696. The van der Waals surface area contributed by atoms with Crippen molar-refractivity contribution in [2.24, 2.45) is 4.99 Å². The number of carbonyl (C=O) groups is 2. The maximum atomic E-state index is 12.3. The highest BCUT2D eigenvalue weighted by molar-refractivity contribution is 6.07. The quantitative estimate of drug-likeness (QED) is 0.587. The lowest BCUT2D eigenvalue weighted by Crippen LogP contribution is -2.39. The van der Waals surface area contributed by atoms with Gasteiger partial charge < -0.3 is 14.2 Å². The summed E-state index contributed by atoms with van der Waals surface area (Å²) in [7, 11) is 0. The fourth-order valence-electron chi connectivity index (χ4n) is 2.23. The Hall–Kier alpha value is -2.57. The van der Waals surface area contributed by atoms with Crippen LogP contribution in [0.4, 0.5) is 9.59 Å². The van der Waals surface area contributed by atoms with E-state index in [4.69, 9.17) is 14.2 Å². The molecule has 0 bridgehead atoms. The van der Waals surface area contributed by atoms with Crippen LogP contribution in [0.5, 0.6) is 5.75 Å². The number of hydrogen-bond acceptors (Lipinski definition) is 6. The maximum absolute atomic E-state index is 12.3. The molecule has 0 radical (unpaired) electrons. The number of carbonyl (C=O) groups excluding carboxylic acids is 2. The smallest absolute Gasteiger partial charge is 0.443 e.